The highest BCUT2D eigenvalue weighted by Crippen LogP contribution is 2.19. The second-order valence-electron chi connectivity index (χ2n) is 4.24. The van der Waals surface area contributed by atoms with E-state index < -0.39 is 12.1 Å². The van der Waals surface area contributed by atoms with Crippen molar-refractivity contribution in [2.45, 2.75) is 6.54 Å². The van der Waals surface area contributed by atoms with Crippen LogP contribution in [-0.2, 0) is 6.54 Å². The van der Waals surface area contributed by atoms with E-state index in [4.69, 9.17) is 5.73 Å². The molecular weight excluding hydrogens is 260 g/mol. The summed E-state index contributed by atoms with van der Waals surface area (Å²) < 4.78 is 1.31. The molecule has 0 bridgehead atoms. The minimum absolute atomic E-state index is 0.216. The summed E-state index contributed by atoms with van der Waals surface area (Å²) in [7, 11) is 0. The maximum atomic E-state index is 12.4. The summed E-state index contributed by atoms with van der Waals surface area (Å²) in [6.07, 6.45) is 2.81. The number of benzene rings is 1. The monoisotopic (exact) mass is 272 g/mol. The Balaban J connectivity index is 1.94. The second-order valence-corrected chi connectivity index (χ2v) is 4.24. The normalized spacial score (nSPS) is 13.9. The first-order valence-corrected chi connectivity index (χ1v) is 5.91. The molecule has 3 N–H and O–H groups in total. The van der Waals surface area contributed by atoms with E-state index in [0.717, 1.165) is 10.7 Å². The van der Waals surface area contributed by atoms with Crippen molar-refractivity contribution in [3.05, 3.63) is 48.4 Å². The van der Waals surface area contributed by atoms with Crippen LogP contribution < -0.4 is 11.2 Å². The number of primary amides is 1. The van der Waals surface area contributed by atoms with E-state index in [-0.39, 0.29) is 6.54 Å². The average molecular weight is 272 g/mol. The Morgan fingerprint density at radius 1 is 1.30 bits per heavy atom. The number of rotatable bonds is 2. The minimum Gasteiger partial charge on any atom is -0.349 e. The highest BCUT2D eigenvalue weighted by molar-refractivity contribution is 5.86. The smallest absolute Gasteiger partial charge is 0.349 e. The Morgan fingerprint density at radius 2 is 2.05 bits per heavy atom. The molecule has 1 aromatic carbocycles. The SMILES string of the molecule is NC(=O)N1Nc2cncn2C(=O)N1Cc1ccccc1. The molecule has 8 heteroatoms. The van der Waals surface area contributed by atoms with Gasteiger partial charge in [0.1, 0.15) is 6.33 Å². The number of aromatic nitrogens is 2. The van der Waals surface area contributed by atoms with Crippen molar-refractivity contribution >= 4 is 17.9 Å². The number of imidazole rings is 1. The van der Waals surface area contributed by atoms with Crippen molar-refractivity contribution in [3.8, 4) is 0 Å². The number of carbonyl (C=O) groups is 2. The van der Waals surface area contributed by atoms with Gasteiger partial charge in [0.2, 0.25) is 0 Å². The number of hydrogen-bond donors (Lipinski definition) is 2. The number of nitrogens with zero attached hydrogens (tertiary/aromatic N) is 4. The molecule has 0 spiro atoms. The van der Waals surface area contributed by atoms with Gasteiger partial charge in [0.05, 0.1) is 12.7 Å². The minimum atomic E-state index is -0.776. The number of hydrazine groups is 2. The summed E-state index contributed by atoms with van der Waals surface area (Å²) in [6, 6.07) is 8.12. The fourth-order valence-corrected chi connectivity index (χ4v) is 1.98. The first-order chi connectivity index (χ1) is 9.66. The third-order valence-corrected chi connectivity index (χ3v) is 2.91. The third kappa shape index (κ3) is 1.92. The number of nitrogens with two attached hydrogens (primary N) is 1. The van der Waals surface area contributed by atoms with Crippen LogP contribution in [0, 0.1) is 0 Å². The quantitative estimate of drug-likeness (QED) is 0.852. The van der Waals surface area contributed by atoms with Gasteiger partial charge < -0.3 is 5.73 Å². The van der Waals surface area contributed by atoms with Gasteiger partial charge in [-0.15, -0.1) is 5.12 Å². The van der Waals surface area contributed by atoms with Gasteiger partial charge in [-0.05, 0) is 5.56 Å². The lowest BCUT2D eigenvalue weighted by molar-refractivity contribution is 0.0559. The molecule has 3 amide bonds. The zero-order valence-electron chi connectivity index (χ0n) is 10.4. The molecule has 1 aliphatic rings. The molecule has 1 aliphatic heterocycles. The van der Waals surface area contributed by atoms with Crippen molar-refractivity contribution < 1.29 is 9.59 Å². The molecule has 20 heavy (non-hydrogen) atoms. The first kappa shape index (κ1) is 12.0. The zero-order chi connectivity index (χ0) is 14.1. The summed E-state index contributed by atoms with van der Waals surface area (Å²) in [5, 5.41) is 2.19. The largest absolute Gasteiger partial charge is 0.353 e. The number of nitrogens with one attached hydrogen (secondary N) is 1. The Morgan fingerprint density at radius 3 is 2.75 bits per heavy atom. The van der Waals surface area contributed by atoms with Crippen LogP contribution in [-0.4, -0.2) is 31.7 Å². The first-order valence-electron chi connectivity index (χ1n) is 5.91. The number of fused-ring (bicyclic) bond motifs is 1. The van der Waals surface area contributed by atoms with Crippen molar-refractivity contribution in [2.24, 2.45) is 5.73 Å². The van der Waals surface area contributed by atoms with E-state index in [1.165, 1.54) is 22.1 Å². The predicted octanol–water partition coefficient (Wildman–Crippen LogP) is 0.990. The van der Waals surface area contributed by atoms with Gasteiger partial charge in [0, 0.05) is 0 Å². The molecule has 102 valence electrons. The molecule has 2 heterocycles. The van der Waals surface area contributed by atoms with Crippen LogP contribution in [0.4, 0.5) is 15.4 Å². The lowest BCUT2D eigenvalue weighted by Gasteiger charge is -2.37. The average Bonchev–Trinajstić information content (AvgIpc) is 2.91. The standard InChI is InChI=1S/C12H12N6O2/c13-11(19)18-15-10-6-14-8-16(10)12(20)17(18)7-9-4-2-1-3-5-9/h1-6,8,15H,7H2,(H2,13,19). The molecule has 1 aromatic heterocycles. The van der Waals surface area contributed by atoms with Crippen LogP contribution in [0.1, 0.15) is 5.56 Å². The Hall–Kier alpha value is -3.03. The highest BCUT2D eigenvalue weighted by Gasteiger charge is 2.32. The molecule has 0 radical (unpaired) electrons. The fraction of sp³-hybridized carbons (Fsp3) is 0.0833. The highest BCUT2D eigenvalue weighted by atomic mass is 16.2. The van der Waals surface area contributed by atoms with E-state index in [9.17, 15) is 9.59 Å². The number of amides is 3. The van der Waals surface area contributed by atoms with Gasteiger partial charge in [-0.25, -0.2) is 24.1 Å². The van der Waals surface area contributed by atoms with E-state index >= 15 is 0 Å². The molecule has 0 unspecified atom stereocenters. The number of hydrogen-bond acceptors (Lipinski definition) is 4. The maximum absolute atomic E-state index is 12.4. The molecule has 0 fully saturated rings. The van der Waals surface area contributed by atoms with E-state index in [1.54, 1.807) is 0 Å². The van der Waals surface area contributed by atoms with Crippen LogP contribution in [0.25, 0.3) is 0 Å². The lowest BCUT2D eigenvalue weighted by Crippen LogP contribution is -2.58. The summed E-state index contributed by atoms with van der Waals surface area (Å²) in [5.41, 5.74) is 8.91. The van der Waals surface area contributed by atoms with Crippen molar-refractivity contribution in [2.75, 3.05) is 5.43 Å². The molecule has 0 aliphatic carbocycles. The summed E-state index contributed by atoms with van der Waals surface area (Å²) >= 11 is 0. The van der Waals surface area contributed by atoms with Gasteiger partial charge in [-0.1, -0.05) is 30.3 Å². The van der Waals surface area contributed by atoms with Crippen molar-refractivity contribution in [3.63, 3.8) is 0 Å². The molecular formula is C12H12N6O2. The van der Waals surface area contributed by atoms with Crippen LogP contribution in [0.5, 0.6) is 0 Å². The van der Waals surface area contributed by atoms with Crippen LogP contribution >= 0.6 is 0 Å². The molecule has 0 saturated heterocycles. The third-order valence-electron chi connectivity index (χ3n) is 2.91. The second kappa shape index (κ2) is 4.57. The number of anilines is 1. The summed E-state index contributed by atoms with van der Waals surface area (Å²) in [6.45, 7) is 0.216. The fourth-order valence-electron chi connectivity index (χ4n) is 1.98. The van der Waals surface area contributed by atoms with E-state index in [1.807, 2.05) is 30.3 Å². The Bertz CT molecular complexity index is 653. The van der Waals surface area contributed by atoms with Gasteiger partial charge in [0.15, 0.2) is 5.82 Å². The molecule has 0 atom stereocenters. The molecule has 0 saturated carbocycles. The molecule has 8 nitrogen and oxygen atoms in total. The topological polar surface area (TPSA) is 96.5 Å². The Kier molecular flexibility index (Phi) is 2.75. The van der Waals surface area contributed by atoms with Gasteiger partial charge >= 0.3 is 12.1 Å². The van der Waals surface area contributed by atoms with E-state index in [0.29, 0.717) is 5.82 Å². The zero-order valence-corrected chi connectivity index (χ0v) is 10.4. The molecule has 3 rings (SSSR count). The maximum Gasteiger partial charge on any atom is 0.353 e. The summed E-state index contributed by atoms with van der Waals surface area (Å²) in [5.74, 6) is 0.387. The van der Waals surface area contributed by atoms with Gasteiger partial charge in [-0.3, -0.25) is 5.43 Å². The van der Waals surface area contributed by atoms with Gasteiger partial charge in [-0.2, -0.15) is 0 Å². The van der Waals surface area contributed by atoms with Crippen molar-refractivity contribution in [1.82, 2.24) is 19.7 Å². The van der Waals surface area contributed by atoms with Crippen LogP contribution in [0.2, 0.25) is 0 Å². The molecule has 2 aromatic rings. The number of urea groups is 1. The summed E-state index contributed by atoms with van der Waals surface area (Å²) in [4.78, 5) is 27.7. The van der Waals surface area contributed by atoms with Crippen LogP contribution in [0.15, 0.2) is 42.9 Å². The number of carbonyl (C=O) groups excluding carboxylic acids is 2. The van der Waals surface area contributed by atoms with E-state index in [2.05, 4.69) is 10.4 Å². The Labute approximate surface area is 114 Å². The van der Waals surface area contributed by atoms with Gasteiger partial charge in [0.25, 0.3) is 0 Å². The predicted molar refractivity (Wildman–Crippen MR) is 70.1 cm³/mol. The lowest BCUT2D eigenvalue weighted by atomic mass is 10.2. The van der Waals surface area contributed by atoms with Crippen molar-refractivity contribution in [1.29, 1.82) is 0 Å². The van der Waals surface area contributed by atoms with Crippen LogP contribution in [0.3, 0.4) is 0 Å².